The number of barbiturate groups is 1. The van der Waals surface area contributed by atoms with Crippen molar-refractivity contribution in [3.05, 3.63) is 0 Å². The van der Waals surface area contributed by atoms with Gasteiger partial charge in [0.05, 0.1) is 0 Å². The minimum atomic E-state index is -0.642. The highest BCUT2D eigenvalue weighted by Crippen LogP contribution is 2.52. The van der Waals surface area contributed by atoms with Gasteiger partial charge in [0.25, 0.3) is 0 Å². The highest BCUT2D eigenvalue weighted by atomic mass is 16.2. The van der Waals surface area contributed by atoms with Gasteiger partial charge in [0.2, 0.25) is 11.8 Å². The summed E-state index contributed by atoms with van der Waals surface area (Å²) in [6.07, 6.45) is 5.02. The van der Waals surface area contributed by atoms with Crippen molar-refractivity contribution in [2.75, 3.05) is 6.54 Å². The smallest absolute Gasteiger partial charge is 0.277 e. The van der Waals surface area contributed by atoms with Gasteiger partial charge < -0.3 is 0 Å². The van der Waals surface area contributed by atoms with Crippen molar-refractivity contribution in [3.63, 3.8) is 0 Å². The van der Waals surface area contributed by atoms with Crippen LogP contribution in [0, 0.1) is 23.2 Å². The van der Waals surface area contributed by atoms with Crippen molar-refractivity contribution in [2.24, 2.45) is 23.2 Å². The maximum Gasteiger partial charge on any atom is 0.330 e. The third kappa shape index (κ3) is 2.23. The molecule has 2 saturated carbocycles. The summed E-state index contributed by atoms with van der Waals surface area (Å²) in [6, 6.07) is -0.531. The molecule has 2 atom stereocenters. The zero-order valence-electron chi connectivity index (χ0n) is 12.1. The number of urea groups is 1. The van der Waals surface area contributed by atoms with Crippen molar-refractivity contribution >= 4 is 17.8 Å². The molecule has 4 amide bonds. The minimum absolute atomic E-state index is 0.116. The molecule has 0 aromatic rings. The van der Waals surface area contributed by atoms with Crippen molar-refractivity contribution < 1.29 is 14.4 Å². The van der Waals surface area contributed by atoms with Crippen molar-refractivity contribution in [3.8, 4) is 0 Å². The average molecular weight is 278 g/mol. The fourth-order valence-corrected chi connectivity index (χ4v) is 3.62. The largest absolute Gasteiger partial charge is 0.330 e. The molecule has 2 aliphatic carbocycles. The first kappa shape index (κ1) is 13.6. The van der Waals surface area contributed by atoms with Crippen LogP contribution in [0.5, 0.6) is 0 Å². The van der Waals surface area contributed by atoms with E-state index in [1.165, 1.54) is 4.90 Å². The lowest BCUT2D eigenvalue weighted by Gasteiger charge is -2.33. The van der Waals surface area contributed by atoms with E-state index in [0.29, 0.717) is 12.5 Å². The van der Waals surface area contributed by atoms with Gasteiger partial charge in [-0.25, -0.2) is 4.79 Å². The molecule has 110 valence electrons. The Kier molecular flexibility index (Phi) is 3.10. The maximum absolute atomic E-state index is 12.6. The predicted molar refractivity (Wildman–Crippen MR) is 72.6 cm³/mol. The second-order valence-electron chi connectivity index (χ2n) is 7.16. The average Bonchev–Trinajstić information content (AvgIpc) is 2.78. The van der Waals surface area contributed by atoms with Crippen LogP contribution < -0.4 is 5.32 Å². The predicted octanol–water partition coefficient (Wildman–Crippen LogP) is 1.92. The van der Waals surface area contributed by atoms with Crippen LogP contribution in [-0.4, -0.2) is 29.3 Å². The molecule has 0 aromatic heterocycles. The number of carbonyl (C=O) groups excluding carboxylic acids is 3. The summed E-state index contributed by atoms with van der Waals surface area (Å²) < 4.78 is 0. The van der Waals surface area contributed by atoms with Crippen molar-refractivity contribution in [1.29, 1.82) is 0 Å². The van der Waals surface area contributed by atoms with E-state index in [2.05, 4.69) is 19.2 Å². The monoisotopic (exact) mass is 278 g/mol. The first-order valence-electron chi connectivity index (χ1n) is 7.56. The van der Waals surface area contributed by atoms with Crippen LogP contribution in [0.15, 0.2) is 0 Å². The van der Waals surface area contributed by atoms with Crippen LogP contribution in [0.1, 0.15) is 46.0 Å². The second-order valence-corrected chi connectivity index (χ2v) is 7.16. The van der Waals surface area contributed by atoms with Crippen LogP contribution in [-0.2, 0) is 9.59 Å². The molecule has 3 fully saturated rings. The fourth-order valence-electron chi connectivity index (χ4n) is 3.62. The van der Waals surface area contributed by atoms with Gasteiger partial charge in [0.1, 0.15) is 5.92 Å². The lowest BCUT2D eigenvalue weighted by atomic mass is 9.87. The molecule has 2 unspecified atom stereocenters. The van der Waals surface area contributed by atoms with E-state index in [1.807, 2.05) is 0 Å². The Hall–Kier alpha value is -1.39. The Balaban J connectivity index is 1.74. The molecular weight excluding hydrogens is 256 g/mol. The number of amides is 4. The first-order valence-corrected chi connectivity index (χ1v) is 7.56. The SMILES string of the molecule is CC1(C)CC1CN1C(=O)NC(=O)C(C2CCCC2)C1=O. The number of rotatable bonds is 3. The Morgan fingerprint density at radius 2 is 1.80 bits per heavy atom. The maximum atomic E-state index is 12.6. The highest BCUT2D eigenvalue weighted by molar-refractivity contribution is 6.16. The van der Waals surface area contributed by atoms with E-state index in [-0.39, 0.29) is 17.2 Å². The summed E-state index contributed by atoms with van der Waals surface area (Å²) >= 11 is 0. The highest BCUT2D eigenvalue weighted by Gasteiger charge is 2.51. The van der Waals surface area contributed by atoms with Gasteiger partial charge in [-0.05, 0) is 36.5 Å². The van der Waals surface area contributed by atoms with Crippen molar-refractivity contribution in [1.82, 2.24) is 10.2 Å². The second kappa shape index (κ2) is 4.57. The molecule has 20 heavy (non-hydrogen) atoms. The molecule has 1 aliphatic heterocycles. The molecule has 3 aliphatic rings. The molecule has 1 N–H and O–H groups in total. The summed E-state index contributed by atoms with van der Waals surface area (Å²) in [7, 11) is 0. The zero-order chi connectivity index (χ0) is 14.5. The summed E-state index contributed by atoms with van der Waals surface area (Å²) in [4.78, 5) is 37.8. The third-order valence-electron chi connectivity index (χ3n) is 5.28. The van der Waals surface area contributed by atoms with Crippen LogP contribution in [0.3, 0.4) is 0 Å². The summed E-state index contributed by atoms with van der Waals surface area (Å²) in [5.41, 5.74) is 0.213. The molecule has 0 radical (unpaired) electrons. The molecule has 1 heterocycles. The number of nitrogens with zero attached hydrogens (tertiary/aromatic N) is 1. The van der Waals surface area contributed by atoms with Crippen molar-refractivity contribution in [2.45, 2.75) is 46.0 Å². The molecule has 5 heteroatoms. The zero-order valence-corrected chi connectivity index (χ0v) is 12.1. The summed E-state index contributed by atoms with van der Waals surface area (Å²) in [5, 5.41) is 2.37. The number of carbonyl (C=O) groups is 3. The topological polar surface area (TPSA) is 66.5 Å². The number of hydrogen-bond donors (Lipinski definition) is 1. The first-order chi connectivity index (χ1) is 9.40. The molecule has 0 spiro atoms. The number of nitrogens with one attached hydrogen (secondary N) is 1. The third-order valence-corrected chi connectivity index (χ3v) is 5.28. The van der Waals surface area contributed by atoms with Gasteiger partial charge in [-0.15, -0.1) is 0 Å². The number of imide groups is 2. The van der Waals surface area contributed by atoms with Crippen LogP contribution >= 0.6 is 0 Å². The van der Waals surface area contributed by atoms with Gasteiger partial charge in [-0.2, -0.15) is 0 Å². The molecule has 0 bridgehead atoms. The molecule has 0 aromatic carbocycles. The molecule has 5 nitrogen and oxygen atoms in total. The molecule has 1 saturated heterocycles. The fraction of sp³-hybridized carbons (Fsp3) is 0.800. The quantitative estimate of drug-likeness (QED) is 0.802. The summed E-state index contributed by atoms with van der Waals surface area (Å²) in [5.74, 6) is -0.816. The van der Waals surface area contributed by atoms with Crippen LogP contribution in [0.25, 0.3) is 0 Å². The van der Waals surface area contributed by atoms with Crippen LogP contribution in [0.2, 0.25) is 0 Å². The van der Waals surface area contributed by atoms with E-state index in [4.69, 9.17) is 0 Å². The Bertz CT molecular complexity index is 466. The van der Waals surface area contributed by atoms with Gasteiger partial charge in [0.15, 0.2) is 0 Å². The van der Waals surface area contributed by atoms with Gasteiger partial charge in [0, 0.05) is 6.54 Å². The Morgan fingerprint density at radius 1 is 1.20 bits per heavy atom. The van der Waals surface area contributed by atoms with E-state index in [1.54, 1.807) is 0 Å². The number of hydrogen-bond acceptors (Lipinski definition) is 3. The summed E-state index contributed by atoms with van der Waals surface area (Å²) in [6.45, 7) is 4.74. The molecule has 3 rings (SSSR count). The Morgan fingerprint density at radius 3 is 2.35 bits per heavy atom. The van der Waals surface area contributed by atoms with E-state index >= 15 is 0 Å². The van der Waals surface area contributed by atoms with E-state index in [9.17, 15) is 14.4 Å². The van der Waals surface area contributed by atoms with Gasteiger partial charge in [-0.3, -0.25) is 19.8 Å². The Labute approximate surface area is 119 Å². The van der Waals surface area contributed by atoms with Gasteiger partial charge >= 0.3 is 6.03 Å². The standard InChI is InChI=1S/C15H22N2O3/c1-15(2)7-10(15)8-17-13(19)11(9-5-3-4-6-9)12(18)16-14(17)20/h9-11H,3-8H2,1-2H3,(H,16,18,20). The van der Waals surface area contributed by atoms with E-state index < -0.39 is 17.9 Å². The minimum Gasteiger partial charge on any atom is -0.277 e. The van der Waals surface area contributed by atoms with E-state index in [0.717, 1.165) is 32.1 Å². The molecular formula is C15H22N2O3. The van der Waals surface area contributed by atoms with Crippen LogP contribution in [0.4, 0.5) is 4.79 Å². The lowest BCUT2D eigenvalue weighted by Crippen LogP contribution is -2.59. The lowest BCUT2D eigenvalue weighted by molar-refractivity contribution is -0.145. The normalized spacial score (nSPS) is 33.5. The van der Waals surface area contributed by atoms with Gasteiger partial charge in [-0.1, -0.05) is 26.7 Å².